The summed E-state index contributed by atoms with van der Waals surface area (Å²) in [5, 5.41) is 4.09. The van der Waals surface area contributed by atoms with Crippen LogP contribution in [0.5, 0.6) is 11.8 Å². The minimum Gasteiger partial charge on any atom is -0.424 e. The van der Waals surface area contributed by atoms with Crippen molar-refractivity contribution in [2.24, 2.45) is 0 Å². The van der Waals surface area contributed by atoms with Gasteiger partial charge in [0, 0.05) is 29.7 Å². The maximum atomic E-state index is 12.9. The van der Waals surface area contributed by atoms with Crippen molar-refractivity contribution in [3.8, 4) is 22.9 Å². The lowest BCUT2D eigenvalue weighted by Crippen LogP contribution is -1.93. The molecule has 0 saturated carbocycles. The van der Waals surface area contributed by atoms with Gasteiger partial charge in [-0.15, -0.1) is 0 Å². The number of ether oxygens (including phenoxy) is 1. The van der Waals surface area contributed by atoms with E-state index >= 15 is 0 Å². The first-order valence-corrected chi connectivity index (χ1v) is 6.83. The van der Waals surface area contributed by atoms with Gasteiger partial charge in [0.05, 0.1) is 0 Å². The SMILES string of the molecule is Fc1ccc(Oc2ncc(-c3ccc4ncnn4c3)cn2)cc1. The number of hydrogen-bond acceptors (Lipinski definition) is 5. The van der Waals surface area contributed by atoms with Crippen LogP contribution in [0, 0.1) is 5.82 Å². The van der Waals surface area contributed by atoms with E-state index < -0.39 is 0 Å². The van der Waals surface area contributed by atoms with Gasteiger partial charge in [-0.1, -0.05) is 0 Å². The predicted molar refractivity (Wildman–Crippen MR) is 80.5 cm³/mol. The minimum absolute atomic E-state index is 0.196. The summed E-state index contributed by atoms with van der Waals surface area (Å²) in [5.74, 6) is 0.153. The van der Waals surface area contributed by atoms with Crippen molar-refractivity contribution in [1.29, 1.82) is 0 Å². The van der Waals surface area contributed by atoms with Gasteiger partial charge in [-0.05, 0) is 36.4 Å². The van der Waals surface area contributed by atoms with Crippen molar-refractivity contribution in [1.82, 2.24) is 24.6 Å². The zero-order chi connectivity index (χ0) is 15.6. The molecular weight excluding hydrogens is 297 g/mol. The van der Waals surface area contributed by atoms with Gasteiger partial charge in [0.15, 0.2) is 5.65 Å². The first-order valence-electron chi connectivity index (χ1n) is 6.83. The highest BCUT2D eigenvalue weighted by atomic mass is 19.1. The van der Waals surface area contributed by atoms with Gasteiger partial charge in [0.2, 0.25) is 0 Å². The third-order valence-corrected chi connectivity index (χ3v) is 3.26. The zero-order valence-electron chi connectivity index (χ0n) is 11.8. The van der Waals surface area contributed by atoms with Gasteiger partial charge < -0.3 is 4.74 Å². The molecule has 6 nitrogen and oxygen atoms in total. The number of rotatable bonds is 3. The van der Waals surface area contributed by atoms with Crippen LogP contribution in [0.1, 0.15) is 0 Å². The van der Waals surface area contributed by atoms with Crippen LogP contribution in [0.3, 0.4) is 0 Å². The molecule has 0 spiro atoms. The number of aromatic nitrogens is 5. The molecule has 0 fully saturated rings. The van der Waals surface area contributed by atoms with Crippen molar-refractivity contribution in [2.45, 2.75) is 0 Å². The van der Waals surface area contributed by atoms with Gasteiger partial charge in [-0.3, -0.25) is 0 Å². The van der Waals surface area contributed by atoms with Crippen molar-refractivity contribution in [2.75, 3.05) is 0 Å². The van der Waals surface area contributed by atoms with E-state index in [-0.39, 0.29) is 11.8 Å². The molecule has 0 atom stereocenters. The Morgan fingerprint density at radius 2 is 1.65 bits per heavy atom. The topological polar surface area (TPSA) is 65.2 Å². The lowest BCUT2D eigenvalue weighted by molar-refractivity contribution is 0.440. The number of benzene rings is 1. The molecule has 0 unspecified atom stereocenters. The highest BCUT2D eigenvalue weighted by Crippen LogP contribution is 2.21. The van der Waals surface area contributed by atoms with Crippen LogP contribution in [0.15, 0.2) is 61.3 Å². The van der Waals surface area contributed by atoms with Crippen LogP contribution in [0.4, 0.5) is 4.39 Å². The molecule has 0 amide bonds. The zero-order valence-corrected chi connectivity index (χ0v) is 11.8. The normalized spacial score (nSPS) is 10.8. The summed E-state index contributed by atoms with van der Waals surface area (Å²) in [5.41, 5.74) is 2.51. The van der Waals surface area contributed by atoms with Gasteiger partial charge in [-0.2, -0.15) is 5.10 Å². The molecule has 4 aromatic rings. The predicted octanol–water partition coefficient (Wildman–Crippen LogP) is 3.12. The molecule has 4 rings (SSSR count). The molecule has 0 aliphatic carbocycles. The lowest BCUT2D eigenvalue weighted by atomic mass is 10.1. The van der Waals surface area contributed by atoms with E-state index in [2.05, 4.69) is 20.1 Å². The third kappa shape index (κ3) is 2.71. The van der Waals surface area contributed by atoms with Crippen LogP contribution in [-0.2, 0) is 0 Å². The first-order chi connectivity index (χ1) is 11.3. The third-order valence-electron chi connectivity index (χ3n) is 3.26. The van der Waals surface area contributed by atoms with E-state index in [0.29, 0.717) is 5.75 Å². The summed E-state index contributed by atoms with van der Waals surface area (Å²) < 4.78 is 20.0. The number of halogens is 1. The maximum absolute atomic E-state index is 12.9. The fourth-order valence-electron chi connectivity index (χ4n) is 2.11. The number of hydrogen-bond donors (Lipinski definition) is 0. The Kier molecular flexibility index (Phi) is 3.16. The Labute approximate surface area is 130 Å². The molecule has 112 valence electrons. The Hall–Kier alpha value is -3.35. The fraction of sp³-hybridized carbons (Fsp3) is 0. The molecule has 3 aromatic heterocycles. The Morgan fingerprint density at radius 3 is 2.43 bits per heavy atom. The van der Waals surface area contributed by atoms with Gasteiger partial charge in [0.1, 0.15) is 17.9 Å². The molecule has 0 aliphatic heterocycles. The van der Waals surface area contributed by atoms with E-state index in [1.54, 1.807) is 16.9 Å². The number of pyridine rings is 1. The van der Waals surface area contributed by atoms with E-state index in [9.17, 15) is 4.39 Å². The monoisotopic (exact) mass is 307 g/mol. The Morgan fingerprint density at radius 1 is 0.870 bits per heavy atom. The average molecular weight is 307 g/mol. The molecule has 7 heteroatoms. The standard InChI is InChI=1S/C16H10FN5O/c17-13-2-4-14(5-3-13)23-16-18-7-12(8-19-16)11-1-6-15-20-10-21-22(15)9-11/h1-10H. The Bertz CT molecular complexity index is 950. The molecular formula is C16H10FN5O. The summed E-state index contributed by atoms with van der Waals surface area (Å²) in [6.45, 7) is 0. The molecule has 0 saturated heterocycles. The quantitative estimate of drug-likeness (QED) is 0.582. The van der Waals surface area contributed by atoms with Crippen LogP contribution >= 0.6 is 0 Å². The summed E-state index contributed by atoms with van der Waals surface area (Å²) in [6.07, 6.45) is 6.66. The van der Waals surface area contributed by atoms with Crippen molar-refractivity contribution < 1.29 is 9.13 Å². The maximum Gasteiger partial charge on any atom is 0.321 e. The molecule has 3 heterocycles. The number of nitrogens with zero attached hydrogens (tertiary/aromatic N) is 5. The Balaban J connectivity index is 1.58. The van der Waals surface area contributed by atoms with Crippen LogP contribution in [0.2, 0.25) is 0 Å². The second-order valence-corrected chi connectivity index (χ2v) is 4.79. The van der Waals surface area contributed by atoms with E-state index in [1.807, 2.05) is 18.3 Å². The second-order valence-electron chi connectivity index (χ2n) is 4.79. The summed E-state index contributed by atoms with van der Waals surface area (Å²) in [4.78, 5) is 12.4. The lowest BCUT2D eigenvalue weighted by Gasteiger charge is -2.05. The molecule has 0 radical (unpaired) electrons. The van der Waals surface area contributed by atoms with Crippen molar-refractivity contribution >= 4 is 5.65 Å². The fourth-order valence-corrected chi connectivity index (χ4v) is 2.11. The van der Waals surface area contributed by atoms with Crippen molar-refractivity contribution in [3.05, 3.63) is 67.1 Å². The summed E-state index contributed by atoms with van der Waals surface area (Å²) in [7, 11) is 0. The van der Waals surface area contributed by atoms with Gasteiger partial charge >= 0.3 is 6.01 Å². The van der Waals surface area contributed by atoms with E-state index in [0.717, 1.165) is 16.8 Å². The molecule has 0 N–H and O–H groups in total. The van der Waals surface area contributed by atoms with Gasteiger partial charge in [-0.25, -0.2) is 23.9 Å². The second kappa shape index (κ2) is 5.45. The van der Waals surface area contributed by atoms with Crippen LogP contribution in [0.25, 0.3) is 16.8 Å². The smallest absolute Gasteiger partial charge is 0.321 e. The molecule has 0 bridgehead atoms. The van der Waals surface area contributed by atoms with Crippen LogP contribution < -0.4 is 4.74 Å². The highest BCUT2D eigenvalue weighted by molar-refractivity contribution is 5.62. The molecule has 23 heavy (non-hydrogen) atoms. The minimum atomic E-state index is -0.322. The summed E-state index contributed by atoms with van der Waals surface area (Å²) >= 11 is 0. The van der Waals surface area contributed by atoms with Gasteiger partial charge in [0.25, 0.3) is 0 Å². The number of fused-ring (bicyclic) bond motifs is 1. The van der Waals surface area contributed by atoms with Crippen LogP contribution in [-0.4, -0.2) is 24.6 Å². The molecule has 0 aliphatic rings. The first kappa shape index (κ1) is 13.3. The van der Waals surface area contributed by atoms with E-state index in [4.69, 9.17) is 4.74 Å². The largest absolute Gasteiger partial charge is 0.424 e. The summed E-state index contributed by atoms with van der Waals surface area (Å²) in [6, 6.07) is 9.65. The van der Waals surface area contributed by atoms with E-state index in [1.165, 1.54) is 30.6 Å². The highest BCUT2D eigenvalue weighted by Gasteiger charge is 2.05. The molecule has 1 aromatic carbocycles. The average Bonchev–Trinajstić information content (AvgIpc) is 3.05. The van der Waals surface area contributed by atoms with Crippen molar-refractivity contribution in [3.63, 3.8) is 0 Å².